The minimum atomic E-state index is 0.0618. The molecule has 0 aliphatic rings. The van der Waals surface area contributed by atoms with Crippen molar-refractivity contribution in [3.63, 3.8) is 0 Å². The third-order valence-electron chi connectivity index (χ3n) is 3.12. The van der Waals surface area contributed by atoms with E-state index in [1.807, 2.05) is 31.2 Å². The highest BCUT2D eigenvalue weighted by Gasteiger charge is 2.15. The van der Waals surface area contributed by atoms with Gasteiger partial charge in [-0.2, -0.15) is 0 Å². The highest BCUT2D eigenvalue weighted by atomic mass is 16.5. The van der Waals surface area contributed by atoms with Crippen LogP contribution in [-0.4, -0.2) is 23.6 Å². The van der Waals surface area contributed by atoms with Gasteiger partial charge in [-0.25, -0.2) is 9.97 Å². The summed E-state index contributed by atoms with van der Waals surface area (Å²) in [7, 11) is 1.68. The number of aromatic nitrogens is 2. The summed E-state index contributed by atoms with van der Waals surface area (Å²) < 4.78 is 5.31. The minimum absolute atomic E-state index is 0.0618. The summed E-state index contributed by atoms with van der Waals surface area (Å²) in [5, 5.41) is 3.53. The van der Waals surface area contributed by atoms with E-state index >= 15 is 0 Å². The Morgan fingerprint density at radius 2 is 2.15 bits per heavy atom. The van der Waals surface area contributed by atoms with Gasteiger partial charge in [0.05, 0.1) is 18.8 Å². The number of hydrogen-bond acceptors (Lipinski definition) is 4. The Morgan fingerprint density at radius 3 is 2.85 bits per heavy atom. The Hall–Kier alpha value is -1.94. The lowest BCUT2D eigenvalue weighted by Gasteiger charge is -2.19. The van der Waals surface area contributed by atoms with Crippen LogP contribution in [0.15, 0.2) is 36.5 Å². The molecule has 1 atom stereocenters. The predicted molar refractivity (Wildman–Crippen MR) is 79.9 cm³/mol. The van der Waals surface area contributed by atoms with Crippen molar-refractivity contribution >= 4 is 0 Å². The highest BCUT2D eigenvalue weighted by Crippen LogP contribution is 2.24. The van der Waals surface area contributed by atoms with Crippen molar-refractivity contribution in [2.45, 2.75) is 26.3 Å². The van der Waals surface area contributed by atoms with Gasteiger partial charge in [-0.1, -0.05) is 19.1 Å². The first-order chi connectivity index (χ1) is 9.74. The molecule has 106 valence electrons. The molecule has 0 saturated carbocycles. The molecule has 0 aliphatic carbocycles. The van der Waals surface area contributed by atoms with E-state index in [1.54, 1.807) is 13.3 Å². The molecule has 0 radical (unpaired) electrons. The van der Waals surface area contributed by atoms with Crippen LogP contribution in [0, 0.1) is 6.92 Å². The van der Waals surface area contributed by atoms with E-state index in [0.717, 1.165) is 35.8 Å². The monoisotopic (exact) mass is 271 g/mol. The maximum Gasteiger partial charge on any atom is 0.125 e. The van der Waals surface area contributed by atoms with Crippen LogP contribution in [-0.2, 0) is 0 Å². The van der Waals surface area contributed by atoms with Gasteiger partial charge in [-0.05, 0) is 43.7 Å². The smallest absolute Gasteiger partial charge is 0.125 e. The summed E-state index contributed by atoms with van der Waals surface area (Å²) in [4.78, 5) is 8.71. The van der Waals surface area contributed by atoms with Gasteiger partial charge in [-0.3, -0.25) is 0 Å². The van der Waals surface area contributed by atoms with Gasteiger partial charge in [0.2, 0.25) is 0 Å². The lowest BCUT2D eigenvalue weighted by atomic mass is 10.0. The molecule has 1 unspecified atom stereocenters. The average Bonchev–Trinajstić information content (AvgIpc) is 2.48. The summed E-state index contributed by atoms with van der Waals surface area (Å²) in [6.07, 6.45) is 2.88. The Bertz CT molecular complexity index is 557. The summed E-state index contributed by atoms with van der Waals surface area (Å²) in [5.74, 6) is 1.64. The number of nitrogens with one attached hydrogen (secondary N) is 1. The molecule has 2 rings (SSSR count). The molecule has 0 bridgehead atoms. The molecular formula is C16H21N3O. The van der Waals surface area contributed by atoms with Gasteiger partial charge in [0, 0.05) is 6.20 Å². The Labute approximate surface area is 120 Å². The summed E-state index contributed by atoms with van der Waals surface area (Å²) in [6.45, 7) is 5.00. The average molecular weight is 271 g/mol. The zero-order chi connectivity index (χ0) is 14.4. The fourth-order valence-electron chi connectivity index (χ4n) is 2.14. The van der Waals surface area contributed by atoms with Crippen LogP contribution in [0.4, 0.5) is 0 Å². The second-order valence-corrected chi connectivity index (χ2v) is 4.69. The second kappa shape index (κ2) is 7.01. The number of methoxy groups -OCH3 is 1. The number of benzene rings is 1. The van der Waals surface area contributed by atoms with Gasteiger partial charge in [0.1, 0.15) is 11.6 Å². The molecule has 1 aromatic carbocycles. The topological polar surface area (TPSA) is 47.0 Å². The van der Waals surface area contributed by atoms with Crippen molar-refractivity contribution in [2.24, 2.45) is 0 Å². The van der Waals surface area contributed by atoms with Gasteiger partial charge in [0.25, 0.3) is 0 Å². The first-order valence-electron chi connectivity index (χ1n) is 6.91. The minimum Gasteiger partial charge on any atom is -0.497 e. The van der Waals surface area contributed by atoms with Gasteiger partial charge in [-0.15, -0.1) is 0 Å². The van der Waals surface area contributed by atoms with Gasteiger partial charge < -0.3 is 10.1 Å². The summed E-state index contributed by atoms with van der Waals surface area (Å²) >= 11 is 0. The number of ether oxygens (including phenoxy) is 1. The maximum atomic E-state index is 5.31. The molecule has 4 nitrogen and oxygen atoms in total. The van der Waals surface area contributed by atoms with Crippen molar-refractivity contribution in [3.8, 4) is 5.75 Å². The van der Waals surface area contributed by atoms with Crippen molar-refractivity contribution in [2.75, 3.05) is 13.7 Å². The molecule has 4 heteroatoms. The largest absolute Gasteiger partial charge is 0.497 e. The zero-order valence-electron chi connectivity index (χ0n) is 12.3. The fraction of sp³-hybridized carbons (Fsp3) is 0.375. The van der Waals surface area contributed by atoms with Crippen LogP contribution in [0.1, 0.15) is 36.5 Å². The zero-order valence-corrected chi connectivity index (χ0v) is 12.3. The number of hydrogen-bond donors (Lipinski definition) is 1. The Morgan fingerprint density at radius 1 is 1.30 bits per heavy atom. The number of nitrogens with zero attached hydrogens (tertiary/aromatic N) is 2. The third kappa shape index (κ3) is 3.54. The van der Waals surface area contributed by atoms with Crippen LogP contribution in [0.2, 0.25) is 0 Å². The molecule has 1 aromatic heterocycles. The summed E-state index contributed by atoms with van der Waals surface area (Å²) in [5.41, 5.74) is 2.13. The van der Waals surface area contributed by atoms with Crippen molar-refractivity contribution in [1.82, 2.24) is 15.3 Å². The molecule has 0 aliphatic heterocycles. The summed E-state index contributed by atoms with van der Waals surface area (Å²) in [6, 6.07) is 10.1. The Balaban J connectivity index is 2.35. The highest BCUT2D eigenvalue weighted by molar-refractivity contribution is 5.34. The fourth-order valence-corrected chi connectivity index (χ4v) is 2.14. The molecule has 0 spiro atoms. The van der Waals surface area contributed by atoms with Crippen molar-refractivity contribution in [1.29, 1.82) is 0 Å². The first-order valence-corrected chi connectivity index (χ1v) is 6.91. The van der Waals surface area contributed by atoms with E-state index in [4.69, 9.17) is 4.74 Å². The molecule has 0 fully saturated rings. The van der Waals surface area contributed by atoms with Crippen molar-refractivity contribution in [3.05, 3.63) is 53.6 Å². The lowest BCUT2D eigenvalue weighted by Crippen LogP contribution is -2.24. The molecule has 1 N–H and O–H groups in total. The van der Waals surface area contributed by atoms with Crippen LogP contribution >= 0.6 is 0 Å². The third-order valence-corrected chi connectivity index (χ3v) is 3.12. The van der Waals surface area contributed by atoms with Crippen LogP contribution < -0.4 is 10.1 Å². The molecule has 0 amide bonds. The first kappa shape index (κ1) is 14.5. The van der Waals surface area contributed by atoms with Gasteiger partial charge in [0.15, 0.2) is 0 Å². The van der Waals surface area contributed by atoms with E-state index in [1.165, 1.54) is 0 Å². The maximum absolute atomic E-state index is 5.31. The van der Waals surface area contributed by atoms with E-state index < -0.39 is 0 Å². The van der Waals surface area contributed by atoms with E-state index in [0.29, 0.717) is 0 Å². The van der Waals surface area contributed by atoms with Crippen LogP contribution in [0.3, 0.4) is 0 Å². The van der Waals surface area contributed by atoms with Crippen LogP contribution in [0.5, 0.6) is 5.75 Å². The number of aryl methyl sites for hydroxylation is 1. The van der Waals surface area contributed by atoms with E-state index in [2.05, 4.69) is 28.3 Å². The van der Waals surface area contributed by atoms with Crippen molar-refractivity contribution < 1.29 is 4.74 Å². The molecule has 0 saturated heterocycles. The normalized spacial score (nSPS) is 12.2. The molecular weight excluding hydrogens is 250 g/mol. The van der Waals surface area contributed by atoms with E-state index in [9.17, 15) is 0 Å². The number of rotatable bonds is 6. The molecule has 1 heterocycles. The molecule has 2 aromatic rings. The van der Waals surface area contributed by atoms with E-state index in [-0.39, 0.29) is 6.04 Å². The lowest BCUT2D eigenvalue weighted by molar-refractivity contribution is 0.413. The second-order valence-electron chi connectivity index (χ2n) is 4.69. The Kier molecular flexibility index (Phi) is 5.07. The quantitative estimate of drug-likeness (QED) is 0.877. The SMILES string of the molecule is CCCNC(c1cccc(OC)c1)c1ccnc(C)n1. The predicted octanol–water partition coefficient (Wildman–Crippen LogP) is 2.88. The standard InChI is InChI=1S/C16H21N3O/c1-4-9-18-16(15-8-10-17-12(2)19-15)13-6-5-7-14(11-13)20-3/h5-8,10-11,16,18H,4,9H2,1-3H3. The van der Waals surface area contributed by atoms with Crippen LogP contribution in [0.25, 0.3) is 0 Å². The van der Waals surface area contributed by atoms with Gasteiger partial charge >= 0.3 is 0 Å². The molecule has 20 heavy (non-hydrogen) atoms.